The maximum atomic E-state index is 11.7. The third kappa shape index (κ3) is 1.90. The number of Topliss-reactive ketones (excluding diaryl/α,β-unsaturated/α-hetero) is 1. The highest BCUT2D eigenvalue weighted by atomic mass is 16.1. The maximum absolute atomic E-state index is 11.7. The number of rotatable bonds is 2. The Kier molecular flexibility index (Phi) is 1.23. The average molecular weight is 152 g/mol. The standard InChI is InChI=1S/C10H12O/c1-8(2)10(11)9-6-4-3-5-7-9/h3-8H,1-2H3/i4D,5D,6D,7D. The molecule has 11 heavy (non-hydrogen) atoms. The summed E-state index contributed by atoms with van der Waals surface area (Å²) in [7, 11) is 0. The summed E-state index contributed by atoms with van der Waals surface area (Å²) >= 11 is 0. The Labute approximate surface area is 72.7 Å². The molecule has 0 aliphatic carbocycles. The van der Waals surface area contributed by atoms with Crippen LogP contribution in [0.2, 0.25) is 0 Å². The van der Waals surface area contributed by atoms with E-state index in [1.807, 2.05) is 0 Å². The van der Waals surface area contributed by atoms with Gasteiger partial charge >= 0.3 is 0 Å². The molecule has 0 saturated carbocycles. The predicted octanol–water partition coefficient (Wildman–Crippen LogP) is 2.53. The molecule has 1 aromatic rings. The highest BCUT2D eigenvalue weighted by molar-refractivity contribution is 5.97. The van der Waals surface area contributed by atoms with Crippen molar-refractivity contribution in [2.24, 2.45) is 5.92 Å². The lowest BCUT2D eigenvalue weighted by molar-refractivity contribution is 0.0939. The molecule has 0 aliphatic rings. The molecule has 0 spiro atoms. The lowest BCUT2D eigenvalue weighted by Crippen LogP contribution is -2.06. The van der Waals surface area contributed by atoms with Gasteiger partial charge in [0.1, 0.15) is 0 Å². The molecule has 1 rings (SSSR count). The zero-order valence-corrected chi connectivity index (χ0v) is 6.56. The predicted molar refractivity (Wildman–Crippen MR) is 45.6 cm³/mol. The van der Waals surface area contributed by atoms with Crippen LogP contribution in [-0.4, -0.2) is 5.78 Å². The van der Waals surface area contributed by atoms with E-state index in [9.17, 15) is 4.79 Å². The van der Waals surface area contributed by atoms with Crippen LogP contribution in [0.15, 0.2) is 30.2 Å². The molecule has 0 atom stereocenters. The minimum absolute atomic E-state index is 0.109. The van der Waals surface area contributed by atoms with Crippen LogP contribution >= 0.6 is 0 Å². The van der Waals surface area contributed by atoms with E-state index in [-0.39, 0.29) is 41.4 Å². The van der Waals surface area contributed by atoms with Crippen molar-refractivity contribution in [2.45, 2.75) is 13.8 Å². The molecule has 0 aromatic heterocycles. The summed E-state index contributed by atoms with van der Waals surface area (Å²) in [6.45, 7) is 3.34. The zero-order chi connectivity index (χ0) is 11.7. The van der Waals surface area contributed by atoms with Crippen LogP contribution in [0.25, 0.3) is 0 Å². The van der Waals surface area contributed by atoms with Crippen LogP contribution in [0.3, 0.4) is 0 Å². The fourth-order valence-corrected chi connectivity index (χ4v) is 0.696. The Morgan fingerprint density at radius 2 is 2.00 bits per heavy atom. The van der Waals surface area contributed by atoms with Crippen molar-refractivity contribution in [3.05, 3.63) is 35.8 Å². The second-order valence-corrected chi connectivity index (χ2v) is 2.58. The molecule has 58 valence electrons. The van der Waals surface area contributed by atoms with Crippen LogP contribution in [0.1, 0.15) is 29.7 Å². The van der Waals surface area contributed by atoms with E-state index in [1.54, 1.807) is 13.8 Å². The molecule has 1 heteroatoms. The van der Waals surface area contributed by atoms with Crippen LogP contribution in [0, 0.1) is 5.92 Å². The van der Waals surface area contributed by atoms with E-state index in [4.69, 9.17) is 5.48 Å². The fourth-order valence-electron chi connectivity index (χ4n) is 0.696. The van der Waals surface area contributed by atoms with Crippen LogP contribution < -0.4 is 0 Å². The summed E-state index contributed by atoms with van der Waals surface area (Å²) < 4.78 is 29.9. The topological polar surface area (TPSA) is 17.1 Å². The first-order valence-corrected chi connectivity index (χ1v) is 3.47. The highest BCUT2D eigenvalue weighted by Gasteiger charge is 2.08. The van der Waals surface area contributed by atoms with Crippen LogP contribution in [0.5, 0.6) is 0 Å². The summed E-state index contributed by atoms with van der Waals surface area (Å²) in [6.07, 6.45) is 0. The Bertz CT molecular complexity index is 386. The van der Waals surface area contributed by atoms with Gasteiger partial charge in [-0.2, -0.15) is 0 Å². The molecule has 0 heterocycles. The zero-order valence-electron chi connectivity index (χ0n) is 10.6. The molecular weight excluding hydrogens is 136 g/mol. The van der Waals surface area contributed by atoms with E-state index in [2.05, 4.69) is 0 Å². The molecule has 1 nitrogen and oxygen atoms in total. The van der Waals surface area contributed by atoms with Crippen molar-refractivity contribution >= 4 is 5.78 Å². The lowest BCUT2D eigenvalue weighted by atomic mass is 10.0. The maximum Gasteiger partial charge on any atom is 0.165 e. The molecule has 1 aromatic carbocycles. The van der Waals surface area contributed by atoms with E-state index in [1.165, 1.54) is 0 Å². The molecule has 0 N–H and O–H groups in total. The number of carbonyl (C=O) groups excluding carboxylic acids is 1. The van der Waals surface area contributed by atoms with Crippen molar-refractivity contribution in [3.63, 3.8) is 0 Å². The Morgan fingerprint density at radius 1 is 1.45 bits per heavy atom. The number of hydrogen-bond acceptors (Lipinski definition) is 1. The molecule has 0 bridgehead atoms. The number of hydrogen-bond donors (Lipinski definition) is 0. The number of ketones is 1. The normalized spacial score (nSPS) is 15.2. The first kappa shape index (κ1) is 4.05. The van der Waals surface area contributed by atoms with Crippen molar-refractivity contribution in [2.75, 3.05) is 0 Å². The van der Waals surface area contributed by atoms with Gasteiger partial charge in [-0.3, -0.25) is 4.79 Å². The van der Waals surface area contributed by atoms with Gasteiger partial charge < -0.3 is 0 Å². The van der Waals surface area contributed by atoms with E-state index >= 15 is 0 Å². The van der Waals surface area contributed by atoms with Crippen LogP contribution in [-0.2, 0) is 0 Å². The van der Waals surface area contributed by atoms with Gasteiger partial charge in [0.05, 0.1) is 5.48 Å². The SMILES string of the molecule is [2H]c1cc([2H])c([2H])c(C(=O)C(C)C)c1[2H]. The van der Waals surface area contributed by atoms with Crippen molar-refractivity contribution < 1.29 is 10.3 Å². The monoisotopic (exact) mass is 152 g/mol. The van der Waals surface area contributed by atoms with Gasteiger partial charge in [0, 0.05) is 11.5 Å². The molecular formula is C10H12O. The summed E-state index contributed by atoms with van der Waals surface area (Å²) in [4.78, 5) is 11.7. The summed E-state index contributed by atoms with van der Waals surface area (Å²) in [5.41, 5.74) is -0.109. The van der Waals surface area contributed by atoms with E-state index in [0.29, 0.717) is 0 Å². The molecule has 0 unspecified atom stereocenters. The van der Waals surface area contributed by atoms with Gasteiger partial charge in [-0.15, -0.1) is 0 Å². The third-order valence-electron chi connectivity index (χ3n) is 1.31. The number of carbonyl (C=O) groups is 1. The van der Waals surface area contributed by atoms with E-state index in [0.717, 1.165) is 6.07 Å². The first-order valence-electron chi connectivity index (χ1n) is 5.47. The smallest absolute Gasteiger partial charge is 0.165 e. The van der Waals surface area contributed by atoms with Gasteiger partial charge in [0.15, 0.2) is 5.78 Å². The largest absolute Gasteiger partial charge is 0.294 e. The molecule has 0 amide bonds. The first-order chi connectivity index (χ1) is 6.86. The minimum atomic E-state index is -0.354. The van der Waals surface area contributed by atoms with Crippen molar-refractivity contribution in [1.29, 1.82) is 0 Å². The summed E-state index contributed by atoms with van der Waals surface area (Å²) in [6, 6.07) is 0.242. The molecule has 0 radical (unpaired) electrons. The number of benzene rings is 1. The van der Waals surface area contributed by atoms with Gasteiger partial charge in [-0.1, -0.05) is 44.1 Å². The second-order valence-electron chi connectivity index (χ2n) is 2.58. The third-order valence-corrected chi connectivity index (χ3v) is 1.31. The average Bonchev–Trinajstić information content (AvgIpc) is 2.15. The quantitative estimate of drug-likeness (QED) is 0.595. The summed E-state index contributed by atoms with van der Waals surface area (Å²) in [5.74, 6) is -0.688. The summed E-state index contributed by atoms with van der Waals surface area (Å²) in [5, 5.41) is 0. The van der Waals surface area contributed by atoms with Gasteiger partial charge in [0.2, 0.25) is 0 Å². The molecule has 0 aliphatic heterocycles. The van der Waals surface area contributed by atoms with Crippen molar-refractivity contribution in [3.8, 4) is 0 Å². The second kappa shape index (κ2) is 3.33. The fraction of sp³-hybridized carbons (Fsp3) is 0.300. The Hall–Kier alpha value is -1.11. The van der Waals surface area contributed by atoms with Crippen LogP contribution in [0.4, 0.5) is 0 Å². The van der Waals surface area contributed by atoms with E-state index < -0.39 is 0 Å². The van der Waals surface area contributed by atoms with Gasteiger partial charge in [-0.05, 0) is 0 Å². The minimum Gasteiger partial charge on any atom is -0.294 e. The van der Waals surface area contributed by atoms with Gasteiger partial charge in [0.25, 0.3) is 0 Å². The molecule has 0 fully saturated rings. The molecule has 0 saturated heterocycles. The lowest BCUT2D eigenvalue weighted by Gasteiger charge is -2.01. The Balaban J connectivity index is 3.46. The van der Waals surface area contributed by atoms with Crippen molar-refractivity contribution in [1.82, 2.24) is 0 Å². The Morgan fingerprint density at radius 3 is 2.45 bits per heavy atom. The van der Waals surface area contributed by atoms with Gasteiger partial charge in [-0.25, -0.2) is 0 Å². The highest BCUT2D eigenvalue weighted by Crippen LogP contribution is 2.06.